The zero-order chi connectivity index (χ0) is 22.2. The second-order valence-corrected chi connectivity index (χ2v) is 7.86. The maximum Gasteiger partial charge on any atom is 0.231 e. The van der Waals surface area contributed by atoms with Gasteiger partial charge in [-0.3, -0.25) is 4.90 Å². The van der Waals surface area contributed by atoms with Gasteiger partial charge in [0.1, 0.15) is 5.75 Å². The number of fused-ring (bicyclic) bond motifs is 1. The van der Waals surface area contributed by atoms with Crippen LogP contribution in [0, 0.1) is 0 Å². The van der Waals surface area contributed by atoms with Crippen molar-refractivity contribution in [3.63, 3.8) is 0 Å². The van der Waals surface area contributed by atoms with Gasteiger partial charge in [-0.05, 0) is 41.0 Å². The van der Waals surface area contributed by atoms with Gasteiger partial charge in [0.15, 0.2) is 11.5 Å². The second kappa shape index (κ2) is 11.0. The van der Waals surface area contributed by atoms with Crippen molar-refractivity contribution >= 4 is 0 Å². The monoisotopic (exact) mass is 435 g/mol. The van der Waals surface area contributed by atoms with E-state index in [2.05, 4.69) is 11.0 Å². The molecule has 3 aromatic rings. The second-order valence-electron chi connectivity index (χ2n) is 7.86. The lowest BCUT2D eigenvalue weighted by Crippen LogP contribution is -2.34. The number of benzene rings is 3. The summed E-state index contributed by atoms with van der Waals surface area (Å²) < 4.78 is 22.0. The predicted molar refractivity (Wildman–Crippen MR) is 122 cm³/mol. The van der Waals surface area contributed by atoms with Crippen molar-refractivity contribution in [1.82, 2.24) is 4.90 Å². The first-order valence-electron chi connectivity index (χ1n) is 10.7. The third-order valence-corrected chi connectivity index (χ3v) is 5.27. The van der Waals surface area contributed by atoms with E-state index in [1.54, 1.807) is 7.11 Å². The van der Waals surface area contributed by atoms with Crippen LogP contribution in [0.1, 0.15) is 16.7 Å². The fourth-order valence-electron chi connectivity index (χ4n) is 3.75. The maximum atomic E-state index is 10.7. The molecule has 0 aliphatic carbocycles. The molecule has 4 rings (SSSR count). The van der Waals surface area contributed by atoms with E-state index < -0.39 is 6.10 Å². The number of hydrogen-bond acceptors (Lipinski definition) is 6. The summed E-state index contributed by atoms with van der Waals surface area (Å²) in [4.78, 5) is 2.20. The molecule has 1 aliphatic rings. The highest BCUT2D eigenvalue weighted by atomic mass is 16.7. The van der Waals surface area contributed by atoms with Gasteiger partial charge < -0.3 is 24.1 Å². The molecular formula is C26H29NO5. The molecule has 0 saturated heterocycles. The van der Waals surface area contributed by atoms with E-state index in [1.807, 2.05) is 66.7 Å². The molecule has 1 atom stereocenters. The Kier molecular flexibility index (Phi) is 7.61. The molecule has 0 bridgehead atoms. The number of nitrogens with zero attached hydrogens (tertiary/aromatic N) is 1. The van der Waals surface area contributed by atoms with Gasteiger partial charge in [0.2, 0.25) is 6.79 Å². The first-order valence-corrected chi connectivity index (χ1v) is 10.7. The van der Waals surface area contributed by atoms with E-state index in [0.717, 1.165) is 33.9 Å². The van der Waals surface area contributed by atoms with Gasteiger partial charge >= 0.3 is 0 Å². The summed E-state index contributed by atoms with van der Waals surface area (Å²) in [6, 6.07) is 23.9. The zero-order valence-corrected chi connectivity index (χ0v) is 18.3. The molecule has 1 aliphatic heterocycles. The molecule has 6 heteroatoms. The number of ether oxygens (including phenoxy) is 4. The van der Waals surface area contributed by atoms with E-state index in [-0.39, 0.29) is 13.4 Å². The number of rotatable bonds is 11. The van der Waals surface area contributed by atoms with Crippen LogP contribution in [-0.2, 0) is 24.4 Å². The van der Waals surface area contributed by atoms with Crippen LogP contribution < -0.4 is 14.2 Å². The van der Waals surface area contributed by atoms with Crippen LogP contribution in [0.5, 0.6) is 17.2 Å². The molecule has 0 spiro atoms. The Morgan fingerprint density at radius 1 is 0.875 bits per heavy atom. The predicted octanol–water partition coefficient (Wildman–Crippen LogP) is 4.00. The summed E-state index contributed by atoms with van der Waals surface area (Å²) in [5.41, 5.74) is 3.30. The van der Waals surface area contributed by atoms with Crippen LogP contribution >= 0.6 is 0 Å². The van der Waals surface area contributed by atoms with Crippen LogP contribution in [0.15, 0.2) is 72.8 Å². The molecule has 0 saturated carbocycles. The molecule has 1 heterocycles. The van der Waals surface area contributed by atoms with Crippen molar-refractivity contribution in [2.24, 2.45) is 0 Å². The van der Waals surface area contributed by atoms with Crippen LogP contribution in [0.2, 0.25) is 0 Å². The van der Waals surface area contributed by atoms with Crippen LogP contribution in [0.4, 0.5) is 0 Å². The Morgan fingerprint density at radius 2 is 1.62 bits per heavy atom. The fraction of sp³-hybridized carbons (Fsp3) is 0.308. The van der Waals surface area contributed by atoms with E-state index in [0.29, 0.717) is 26.2 Å². The molecule has 6 nitrogen and oxygen atoms in total. The van der Waals surface area contributed by atoms with E-state index >= 15 is 0 Å². The van der Waals surface area contributed by atoms with E-state index in [1.165, 1.54) is 0 Å². The molecule has 1 unspecified atom stereocenters. The Bertz CT molecular complexity index is 995. The van der Waals surface area contributed by atoms with Gasteiger partial charge in [-0.2, -0.15) is 0 Å². The molecule has 0 fully saturated rings. The normalized spacial score (nSPS) is 13.3. The summed E-state index contributed by atoms with van der Waals surface area (Å²) in [5, 5.41) is 10.7. The summed E-state index contributed by atoms with van der Waals surface area (Å²) in [5.74, 6) is 2.34. The van der Waals surface area contributed by atoms with Crippen LogP contribution in [-0.4, -0.2) is 43.2 Å². The van der Waals surface area contributed by atoms with Crippen molar-refractivity contribution in [3.8, 4) is 17.2 Å². The first kappa shape index (κ1) is 22.1. The molecule has 1 N–H and O–H groups in total. The average Bonchev–Trinajstić information content (AvgIpc) is 3.28. The molecule has 0 aromatic heterocycles. The highest BCUT2D eigenvalue weighted by Crippen LogP contribution is 2.33. The van der Waals surface area contributed by atoms with E-state index in [9.17, 15) is 5.11 Å². The van der Waals surface area contributed by atoms with E-state index in [4.69, 9.17) is 18.9 Å². The topological polar surface area (TPSA) is 60.4 Å². The number of aliphatic hydroxyl groups is 1. The van der Waals surface area contributed by atoms with Crippen molar-refractivity contribution in [2.45, 2.75) is 25.8 Å². The minimum absolute atomic E-state index is 0.254. The molecule has 3 aromatic carbocycles. The van der Waals surface area contributed by atoms with Gasteiger partial charge in [-0.1, -0.05) is 48.5 Å². The third kappa shape index (κ3) is 6.23. The smallest absolute Gasteiger partial charge is 0.231 e. The van der Waals surface area contributed by atoms with Crippen molar-refractivity contribution in [2.75, 3.05) is 27.1 Å². The maximum absolute atomic E-state index is 10.7. The quantitative estimate of drug-likeness (QED) is 0.491. The standard InChI is InChI=1S/C26H29NO5/c1-29-24-9-5-8-21(12-24)14-27(15-22-10-11-25-26(13-22)32-19-31-25)16-23(28)18-30-17-20-6-3-2-4-7-20/h2-13,23,28H,14-19H2,1H3. The van der Waals surface area contributed by atoms with Crippen molar-refractivity contribution in [1.29, 1.82) is 0 Å². The van der Waals surface area contributed by atoms with Gasteiger partial charge in [0.25, 0.3) is 0 Å². The first-order chi connectivity index (χ1) is 15.7. The Balaban J connectivity index is 1.40. The highest BCUT2D eigenvalue weighted by Gasteiger charge is 2.17. The lowest BCUT2D eigenvalue weighted by Gasteiger charge is -2.25. The molecule has 32 heavy (non-hydrogen) atoms. The molecular weight excluding hydrogens is 406 g/mol. The summed E-state index contributed by atoms with van der Waals surface area (Å²) in [7, 11) is 1.66. The number of hydrogen-bond donors (Lipinski definition) is 1. The minimum atomic E-state index is -0.613. The molecule has 0 amide bonds. The third-order valence-electron chi connectivity index (χ3n) is 5.27. The number of aliphatic hydroxyl groups excluding tert-OH is 1. The van der Waals surface area contributed by atoms with Gasteiger partial charge in [0.05, 0.1) is 26.4 Å². The molecule has 0 radical (unpaired) electrons. The lowest BCUT2D eigenvalue weighted by molar-refractivity contribution is 0.00711. The SMILES string of the molecule is COc1cccc(CN(Cc2ccc3c(c2)OCO3)CC(O)COCc2ccccc2)c1. The Hall–Kier alpha value is -3.06. The Labute approximate surface area is 188 Å². The molecule has 168 valence electrons. The fourth-order valence-corrected chi connectivity index (χ4v) is 3.75. The van der Waals surface area contributed by atoms with Crippen LogP contribution in [0.25, 0.3) is 0 Å². The lowest BCUT2D eigenvalue weighted by atomic mass is 10.1. The van der Waals surface area contributed by atoms with Gasteiger partial charge in [-0.25, -0.2) is 0 Å². The highest BCUT2D eigenvalue weighted by molar-refractivity contribution is 5.44. The largest absolute Gasteiger partial charge is 0.497 e. The summed E-state index contributed by atoms with van der Waals surface area (Å²) in [6.07, 6.45) is -0.613. The minimum Gasteiger partial charge on any atom is -0.497 e. The average molecular weight is 436 g/mol. The number of methoxy groups -OCH3 is 1. The van der Waals surface area contributed by atoms with Crippen LogP contribution in [0.3, 0.4) is 0 Å². The van der Waals surface area contributed by atoms with Gasteiger partial charge in [-0.15, -0.1) is 0 Å². The van der Waals surface area contributed by atoms with Gasteiger partial charge in [0, 0.05) is 19.6 Å². The zero-order valence-electron chi connectivity index (χ0n) is 18.3. The van der Waals surface area contributed by atoms with Crippen molar-refractivity contribution < 1.29 is 24.1 Å². The van der Waals surface area contributed by atoms with Crippen molar-refractivity contribution in [3.05, 3.63) is 89.5 Å². The summed E-state index contributed by atoms with van der Waals surface area (Å²) in [6.45, 7) is 2.80. The summed E-state index contributed by atoms with van der Waals surface area (Å²) >= 11 is 0. The Morgan fingerprint density at radius 3 is 2.44 bits per heavy atom.